The lowest BCUT2D eigenvalue weighted by atomic mass is 9.74. The average Bonchev–Trinajstić information content (AvgIpc) is 3.17. The van der Waals surface area contributed by atoms with Gasteiger partial charge in [0.05, 0.1) is 0 Å². The Morgan fingerprint density at radius 2 is 0.885 bits per heavy atom. The Hall–Kier alpha value is -5.64. The first-order valence-corrected chi connectivity index (χ1v) is 20.3. The van der Waals surface area contributed by atoms with Gasteiger partial charge in [-0.3, -0.25) is 0 Å². The van der Waals surface area contributed by atoms with E-state index in [1.54, 1.807) is 0 Å². The molecule has 2 heterocycles. The van der Waals surface area contributed by atoms with E-state index < -0.39 is 8.07 Å². The van der Waals surface area contributed by atoms with Crippen LogP contribution >= 0.6 is 0 Å². The van der Waals surface area contributed by atoms with Gasteiger partial charge in [0, 0.05) is 38.6 Å². The van der Waals surface area contributed by atoms with Gasteiger partial charge in [-0.05, 0) is 50.9 Å². The molecule has 2 nitrogen and oxygen atoms in total. The third-order valence-electron chi connectivity index (χ3n) is 11.7. The fraction of sp³-hybridized carbons (Fsp3) is 0.143. The number of benzene rings is 7. The number of aryl methyl sites for hydroxylation is 1. The van der Waals surface area contributed by atoms with Crippen molar-refractivity contribution >= 4 is 28.8 Å². The van der Waals surface area contributed by atoms with E-state index >= 15 is 0 Å². The maximum absolute atomic E-state index is 7.10. The average molecular weight is 691 g/mol. The summed E-state index contributed by atoms with van der Waals surface area (Å²) in [6.07, 6.45) is 0. The molecule has 0 atom stereocenters. The lowest BCUT2D eigenvalue weighted by molar-refractivity contribution is 0.419. The van der Waals surface area contributed by atoms with Gasteiger partial charge in [0.1, 0.15) is 23.0 Å². The molecule has 2 aliphatic heterocycles. The van der Waals surface area contributed by atoms with E-state index in [4.69, 9.17) is 9.47 Å². The normalized spacial score (nSPS) is 14.9. The summed E-state index contributed by atoms with van der Waals surface area (Å²) >= 11 is 0. The minimum Gasteiger partial charge on any atom is -0.457 e. The summed E-state index contributed by atoms with van der Waals surface area (Å²) in [5.41, 5.74) is 7.90. The summed E-state index contributed by atoms with van der Waals surface area (Å²) < 4.78 is 14.0. The lowest BCUT2D eigenvalue weighted by Crippen LogP contribution is -2.75. The summed E-state index contributed by atoms with van der Waals surface area (Å²) in [5, 5.41) is 5.17. The van der Waals surface area contributed by atoms with E-state index in [9.17, 15) is 0 Å². The molecular weight excluding hydrogens is 649 g/mol. The molecule has 52 heavy (non-hydrogen) atoms. The Bertz CT molecular complexity index is 2440. The van der Waals surface area contributed by atoms with Crippen molar-refractivity contribution in [3.63, 3.8) is 0 Å². The van der Waals surface area contributed by atoms with Crippen LogP contribution in [-0.2, 0) is 10.8 Å². The number of fused-ring (bicyclic) bond motifs is 4. The van der Waals surface area contributed by atoms with E-state index in [2.05, 4.69) is 198 Å². The van der Waals surface area contributed by atoms with Crippen LogP contribution in [0.4, 0.5) is 0 Å². The summed E-state index contributed by atoms with van der Waals surface area (Å²) in [6.45, 7) is 11.5. The van der Waals surface area contributed by atoms with Crippen LogP contribution in [0.5, 0.6) is 23.0 Å². The van der Waals surface area contributed by atoms with Crippen LogP contribution in [0.15, 0.2) is 164 Å². The second-order valence-electron chi connectivity index (χ2n) is 15.3. The van der Waals surface area contributed by atoms with Gasteiger partial charge in [-0.15, -0.1) is 0 Å². The van der Waals surface area contributed by atoms with Crippen molar-refractivity contribution in [2.75, 3.05) is 0 Å². The molecule has 0 aromatic heterocycles. The van der Waals surface area contributed by atoms with E-state index in [-0.39, 0.29) is 10.8 Å². The Labute approximate surface area is 308 Å². The highest BCUT2D eigenvalue weighted by atomic mass is 28.3. The molecule has 0 bridgehead atoms. The van der Waals surface area contributed by atoms with Gasteiger partial charge in [-0.25, -0.2) is 0 Å². The fourth-order valence-corrected chi connectivity index (χ4v) is 13.8. The summed E-state index contributed by atoms with van der Waals surface area (Å²) in [5.74, 6) is 3.77. The van der Waals surface area contributed by atoms with Crippen LogP contribution < -0.4 is 30.2 Å². The molecule has 9 rings (SSSR count). The molecule has 0 aliphatic carbocycles. The van der Waals surface area contributed by atoms with Crippen LogP contribution in [0, 0.1) is 6.92 Å². The standard InChI is InChI=1S/C49H42O2Si/c1-33-30-31-36(32-38(33)37-22-16-25-41-46(37)50-43-27-14-12-23-39(43)48(41,2)3)52(34-18-8-6-9-19-34,35-20-10-7-11-21-35)45-29-17-26-42-47(45)51-44-28-15-13-24-40(44)49(42,4)5/h6-32H,1-5H3. The Balaban J connectivity index is 1.35. The molecule has 3 heteroatoms. The topological polar surface area (TPSA) is 18.5 Å². The molecule has 0 spiro atoms. The van der Waals surface area contributed by atoms with E-state index in [1.165, 1.54) is 54.1 Å². The van der Waals surface area contributed by atoms with Gasteiger partial charge >= 0.3 is 0 Å². The number of para-hydroxylation sites is 4. The molecule has 7 aromatic carbocycles. The zero-order chi connectivity index (χ0) is 35.7. The summed E-state index contributed by atoms with van der Waals surface area (Å²) in [7, 11) is -3.04. The smallest absolute Gasteiger partial charge is 0.184 e. The Morgan fingerprint density at radius 3 is 1.48 bits per heavy atom. The molecule has 0 unspecified atom stereocenters. The highest BCUT2D eigenvalue weighted by molar-refractivity contribution is 7.20. The van der Waals surface area contributed by atoms with E-state index in [1.807, 2.05) is 0 Å². The van der Waals surface area contributed by atoms with E-state index in [0.29, 0.717) is 0 Å². The van der Waals surface area contributed by atoms with Crippen molar-refractivity contribution < 1.29 is 9.47 Å². The monoisotopic (exact) mass is 690 g/mol. The van der Waals surface area contributed by atoms with Gasteiger partial charge in [-0.1, -0.05) is 179 Å². The fourth-order valence-electron chi connectivity index (χ4n) is 8.93. The van der Waals surface area contributed by atoms with Gasteiger partial charge < -0.3 is 9.47 Å². The van der Waals surface area contributed by atoms with Crippen molar-refractivity contribution in [1.29, 1.82) is 0 Å². The number of hydrogen-bond acceptors (Lipinski definition) is 2. The lowest BCUT2D eigenvalue weighted by Gasteiger charge is -2.40. The predicted molar refractivity (Wildman–Crippen MR) is 218 cm³/mol. The van der Waals surface area contributed by atoms with Crippen LogP contribution in [0.2, 0.25) is 0 Å². The van der Waals surface area contributed by atoms with Crippen LogP contribution in [0.25, 0.3) is 11.1 Å². The quantitative estimate of drug-likeness (QED) is 0.132. The van der Waals surface area contributed by atoms with Crippen molar-refractivity contribution in [3.05, 3.63) is 192 Å². The maximum atomic E-state index is 7.10. The van der Waals surface area contributed by atoms with Crippen molar-refractivity contribution in [1.82, 2.24) is 0 Å². The zero-order valence-corrected chi connectivity index (χ0v) is 31.4. The minimum atomic E-state index is -3.04. The highest BCUT2D eigenvalue weighted by Gasteiger charge is 2.47. The third-order valence-corrected chi connectivity index (χ3v) is 16.5. The van der Waals surface area contributed by atoms with Gasteiger partial charge in [0.2, 0.25) is 0 Å². The summed E-state index contributed by atoms with van der Waals surface area (Å²) in [6, 6.07) is 59.9. The first-order valence-electron chi connectivity index (χ1n) is 18.3. The molecule has 0 saturated carbocycles. The summed E-state index contributed by atoms with van der Waals surface area (Å²) in [4.78, 5) is 0. The van der Waals surface area contributed by atoms with Gasteiger partial charge in [-0.2, -0.15) is 0 Å². The Morgan fingerprint density at radius 1 is 0.404 bits per heavy atom. The first-order chi connectivity index (χ1) is 25.2. The minimum absolute atomic E-state index is 0.207. The van der Waals surface area contributed by atoms with Crippen LogP contribution in [0.1, 0.15) is 55.5 Å². The number of rotatable bonds is 5. The molecule has 0 radical (unpaired) electrons. The molecule has 254 valence electrons. The molecule has 0 N–H and O–H groups in total. The third kappa shape index (κ3) is 4.69. The number of ether oxygens (including phenoxy) is 2. The largest absolute Gasteiger partial charge is 0.457 e. The second-order valence-corrected chi connectivity index (χ2v) is 19.1. The number of hydrogen-bond donors (Lipinski definition) is 0. The molecule has 0 saturated heterocycles. The molecule has 0 fully saturated rings. The van der Waals surface area contributed by atoms with Crippen molar-refractivity contribution in [3.8, 4) is 34.1 Å². The first kappa shape index (κ1) is 32.3. The zero-order valence-electron chi connectivity index (χ0n) is 30.4. The van der Waals surface area contributed by atoms with Crippen molar-refractivity contribution in [2.45, 2.75) is 45.4 Å². The second kappa shape index (κ2) is 12.0. The van der Waals surface area contributed by atoms with Crippen LogP contribution in [0.3, 0.4) is 0 Å². The molecule has 0 amide bonds. The van der Waals surface area contributed by atoms with E-state index in [0.717, 1.165) is 28.6 Å². The predicted octanol–water partition coefficient (Wildman–Crippen LogP) is 9.90. The van der Waals surface area contributed by atoms with Crippen LogP contribution in [-0.4, -0.2) is 8.07 Å². The van der Waals surface area contributed by atoms with Crippen molar-refractivity contribution in [2.24, 2.45) is 0 Å². The highest BCUT2D eigenvalue weighted by Crippen LogP contribution is 2.51. The molecule has 2 aliphatic rings. The Kier molecular flexibility index (Phi) is 7.43. The molecule has 7 aromatic rings. The maximum Gasteiger partial charge on any atom is 0.184 e. The van der Waals surface area contributed by atoms with Gasteiger partial charge in [0.25, 0.3) is 0 Å². The molecular formula is C49H42O2Si. The van der Waals surface area contributed by atoms with Gasteiger partial charge in [0.15, 0.2) is 8.07 Å². The SMILES string of the molecule is Cc1ccc([Si](c2ccccc2)(c2ccccc2)c2cccc3c2Oc2ccccc2C3(C)C)cc1-c1cccc2c1Oc1ccccc1C2(C)C.